The minimum absolute atomic E-state index is 0.284. The van der Waals surface area contributed by atoms with Gasteiger partial charge in [0.05, 0.1) is 0 Å². The van der Waals surface area contributed by atoms with Crippen molar-refractivity contribution in [2.45, 2.75) is 38.5 Å². The number of hydrogen-bond acceptors (Lipinski definition) is 1. The zero-order valence-corrected chi connectivity index (χ0v) is 9.96. The van der Waals surface area contributed by atoms with Crippen LogP contribution < -0.4 is 0 Å². The Bertz CT molecular complexity index is 268. The van der Waals surface area contributed by atoms with E-state index in [0.717, 1.165) is 12.8 Å². The van der Waals surface area contributed by atoms with Gasteiger partial charge in [-0.15, -0.1) is 11.6 Å². The van der Waals surface area contributed by atoms with Crippen molar-refractivity contribution in [2.75, 3.05) is 0 Å². The average molecular weight is 215 g/mol. The van der Waals surface area contributed by atoms with Crippen LogP contribution in [0.15, 0.2) is 12.4 Å². The van der Waals surface area contributed by atoms with Crippen LogP contribution in [0.1, 0.15) is 32.5 Å². The molecule has 0 aliphatic rings. The summed E-state index contributed by atoms with van der Waals surface area (Å²) < 4.78 is 2.08. The third kappa shape index (κ3) is 3.70. The molecule has 2 unspecified atom stereocenters. The molecule has 0 radical (unpaired) electrons. The first-order valence-electron chi connectivity index (χ1n) is 5.20. The number of rotatable bonds is 5. The van der Waals surface area contributed by atoms with E-state index in [1.807, 2.05) is 19.4 Å². The molecule has 0 fully saturated rings. The number of aryl methyl sites for hydroxylation is 2. The Balaban J connectivity index is 2.30. The fourth-order valence-corrected chi connectivity index (χ4v) is 1.99. The van der Waals surface area contributed by atoms with Crippen molar-refractivity contribution in [3.63, 3.8) is 0 Å². The van der Waals surface area contributed by atoms with Crippen molar-refractivity contribution < 1.29 is 0 Å². The molecule has 3 heteroatoms. The molecular formula is C11H19ClN2. The fourth-order valence-electron chi connectivity index (χ4n) is 1.69. The summed E-state index contributed by atoms with van der Waals surface area (Å²) >= 11 is 5.94. The lowest BCUT2D eigenvalue weighted by Gasteiger charge is -2.12. The second-order valence-electron chi connectivity index (χ2n) is 4.11. The highest BCUT2D eigenvalue weighted by Crippen LogP contribution is 2.16. The van der Waals surface area contributed by atoms with Gasteiger partial charge in [-0.1, -0.05) is 6.92 Å². The maximum atomic E-state index is 5.94. The highest BCUT2D eigenvalue weighted by Gasteiger charge is 2.08. The molecule has 0 saturated heterocycles. The van der Waals surface area contributed by atoms with E-state index >= 15 is 0 Å². The van der Waals surface area contributed by atoms with Crippen molar-refractivity contribution in [3.05, 3.63) is 18.2 Å². The molecule has 0 aliphatic heterocycles. The Hall–Kier alpha value is -0.500. The summed E-state index contributed by atoms with van der Waals surface area (Å²) in [5.74, 6) is 1.85. The first-order chi connectivity index (χ1) is 6.59. The quantitative estimate of drug-likeness (QED) is 0.690. The van der Waals surface area contributed by atoms with Crippen LogP contribution in [0.25, 0.3) is 0 Å². The molecule has 0 bridgehead atoms. The predicted molar refractivity (Wildman–Crippen MR) is 60.6 cm³/mol. The van der Waals surface area contributed by atoms with E-state index in [9.17, 15) is 0 Å². The maximum absolute atomic E-state index is 5.94. The summed E-state index contributed by atoms with van der Waals surface area (Å²) in [6.45, 7) is 4.31. The van der Waals surface area contributed by atoms with Crippen molar-refractivity contribution in [3.8, 4) is 0 Å². The highest BCUT2D eigenvalue weighted by atomic mass is 35.5. The van der Waals surface area contributed by atoms with Gasteiger partial charge in [-0.25, -0.2) is 4.98 Å². The number of imidazole rings is 1. The molecule has 1 aromatic rings. The summed E-state index contributed by atoms with van der Waals surface area (Å²) in [6.07, 6.45) is 7.15. The molecule has 0 N–H and O–H groups in total. The molecule has 2 atom stereocenters. The first kappa shape index (κ1) is 11.6. The van der Waals surface area contributed by atoms with Gasteiger partial charge in [-0.2, -0.15) is 0 Å². The van der Waals surface area contributed by atoms with E-state index in [0.29, 0.717) is 5.92 Å². The summed E-state index contributed by atoms with van der Waals surface area (Å²) in [7, 11) is 2.04. The Kier molecular flexibility index (Phi) is 4.46. The van der Waals surface area contributed by atoms with Gasteiger partial charge >= 0.3 is 0 Å². The molecule has 0 spiro atoms. The van der Waals surface area contributed by atoms with Crippen LogP contribution in [0.5, 0.6) is 0 Å². The van der Waals surface area contributed by atoms with Crippen molar-refractivity contribution in [1.82, 2.24) is 9.55 Å². The van der Waals surface area contributed by atoms with Crippen LogP contribution in [-0.4, -0.2) is 14.9 Å². The number of halogens is 1. The summed E-state index contributed by atoms with van der Waals surface area (Å²) in [6, 6.07) is 0. The molecule has 0 amide bonds. The Morgan fingerprint density at radius 2 is 2.21 bits per heavy atom. The second kappa shape index (κ2) is 5.40. The van der Waals surface area contributed by atoms with Crippen molar-refractivity contribution in [2.24, 2.45) is 13.0 Å². The molecule has 1 heterocycles. The van der Waals surface area contributed by atoms with Gasteiger partial charge in [0.2, 0.25) is 0 Å². The second-order valence-corrected chi connectivity index (χ2v) is 4.86. The topological polar surface area (TPSA) is 17.8 Å². The number of aromatic nitrogens is 2. The van der Waals surface area contributed by atoms with Crippen LogP contribution in [0, 0.1) is 5.92 Å². The molecular weight excluding hydrogens is 196 g/mol. The molecule has 0 aliphatic carbocycles. The van der Waals surface area contributed by atoms with E-state index in [1.54, 1.807) is 0 Å². The molecule has 0 saturated carbocycles. The lowest BCUT2D eigenvalue weighted by molar-refractivity contribution is 0.480. The van der Waals surface area contributed by atoms with Gasteiger partial charge in [-0.05, 0) is 25.7 Å². The molecule has 1 aromatic heterocycles. The Labute approximate surface area is 91.3 Å². The monoisotopic (exact) mass is 214 g/mol. The van der Waals surface area contributed by atoms with Crippen molar-refractivity contribution >= 4 is 11.6 Å². The van der Waals surface area contributed by atoms with E-state index < -0.39 is 0 Å². The van der Waals surface area contributed by atoms with E-state index in [2.05, 4.69) is 23.4 Å². The lowest BCUT2D eigenvalue weighted by atomic mass is 10.00. The smallest absolute Gasteiger partial charge is 0.108 e. The molecule has 14 heavy (non-hydrogen) atoms. The van der Waals surface area contributed by atoms with Crippen LogP contribution in [0.2, 0.25) is 0 Å². The molecule has 2 nitrogen and oxygen atoms in total. The zero-order valence-electron chi connectivity index (χ0n) is 9.20. The maximum Gasteiger partial charge on any atom is 0.108 e. The molecule has 80 valence electrons. The predicted octanol–water partition coefficient (Wildman–Crippen LogP) is 3.01. The van der Waals surface area contributed by atoms with E-state index in [1.165, 1.54) is 12.2 Å². The molecule has 0 aromatic carbocycles. The van der Waals surface area contributed by atoms with Gasteiger partial charge in [-0.3, -0.25) is 0 Å². The van der Waals surface area contributed by atoms with E-state index in [4.69, 9.17) is 11.6 Å². The fraction of sp³-hybridized carbons (Fsp3) is 0.727. The number of hydrogen-bond donors (Lipinski definition) is 0. The van der Waals surface area contributed by atoms with Crippen molar-refractivity contribution in [1.29, 1.82) is 0 Å². The Morgan fingerprint density at radius 3 is 2.71 bits per heavy atom. The van der Waals surface area contributed by atoms with Gasteiger partial charge in [0, 0.05) is 31.2 Å². The minimum atomic E-state index is 0.284. The van der Waals surface area contributed by atoms with Gasteiger partial charge in [0.15, 0.2) is 0 Å². The SMILES string of the molecule is CC(Cl)CC(C)CCc1nccn1C. The number of alkyl halides is 1. The summed E-state index contributed by atoms with van der Waals surface area (Å²) in [5, 5.41) is 0.284. The number of nitrogens with zero attached hydrogens (tertiary/aromatic N) is 2. The van der Waals surface area contributed by atoms with E-state index in [-0.39, 0.29) is 5.38 Å². The van der Waals surface area contributed by atoms with Gasteiger partial charge in [0.1, 0.15) is 5.82 Å². The summed E-state index contributed by atoms with van der Waals surface area (Å²) in [5.41, 5.74) is 0. The Morgan fingerprint density at radius 1 is 1.50 bits per heavy atom. The average Bonchev–Trinajstić information content (AvgIpc) is 2.46. The van der Waals surface area contributed by atoms with Crippen LogP contribution in [0.3, 0.4) is 0 Å². The van der Waals surface area contributed by atoms with Gasteiger partial charge < -0.3 is 4.57 Å². The largest absolute Gasteiger partial charge is 0.338 e. The summed E-state index contributed by atoms with van der Waals surface area (Å²) in [4.78, 5) is 4.30. The first-order valence-corrected chi connectivity index (χ1v) is 5.63. The minimum Gasteiger partial charge on any atom is -0.338 e. The van der Waals surface area contributed by atoms with Gasteiger partial charge in [0.25, 0.3) is 0 Å². The van der Waals surface area contributed by atoms with Crippen LogP contribution in [-0.2, 0) is 13.5 Å². The third-order valence-corrected chi connectivity index (χ3v) is 2.69. The third-order valence-electron chi connectivity index (χ3n) is 2.51. The standard InChI is InChI=1S/C11H19ClN2/c1-9(8-10(2)12)4-5-11-13-6-7-14(11)3/h6-7,9-10H,4-5,8H2,1-3H3. The van der Waals surface area contributed by atoms with Crippen LogP contribution in [0.4, 0.5) is 0 Å². The highest BCUT2D eigenvalue weighted by molar-refractivity contribution is 6.20. The van der Waals surface area contributed by atoms with Crippen LogP contribution >= 0.6 is 11.6 Å². The zero-order chi connectivity index (χ0) is 10.6. The lowest BCUT2D eigenvalue weighted by Crippen LogP contribution is -2.06. The normalized spacial score (nSPS) is 15.4. The molecule has 1 rings (SSSR count).